The second-order valence-electron chi connectivity index (χ2n) is 6.75. The highest BCUT2D eigenvalue weighted by Crippen LogP contribution is 2.29. The standard InChI is InChI=1S/C19H17N7O4S/c1-12-9-13(26(27)28)7-8-15(12)21-18-19(23-17-6-4-3-5-16(17)22-18)24-31(29,30)14-10-20-25(2)11-14/h3-11H,1-2H3,(H,21,22)(H,23,24). The van der Waals surface area contributed by atoms with E-state index >= 15 is 0 Å². The lowest BCUT2D eigenvalue weighted by molar-refractivity contribution is -0.384. The van der Waals surface area contributed by atoms with Crippen LogP contribution in [0.1, 0.15) is 5.56 Å². The predicted octanol–water partition coefficient (Wildman–Crippen LogP) is 3.12. The van der Waals surface area contributed by atoms with Crippen molar-refractivity contribution in [3.8, 4) is 0 Å². The maximum Gasteiger partial charge on any atom is 0.269 e. The molecule has 0 atom stereocenters. The van der Waals surface area contributed by atoms with Crippen molar-refractivity contribution in [3.63, 3.8) is 0 Å². The van der Waals surface area contributed by atoms with Crippen LogP contribution >= 0.6 is 0 Å². The van der Waals surface area contributed by atoms with Crippen LogP contribution in [0, 0.1) is 17.0 Å². The number of anilines is 3. The Labute approximate surface area is 177 Å². The number of hydrogen-bond acceptors (Lipinski definition) is 8. The molecule has 158 valence electrons. The first-order valence-corrected chi connectivity index (χ1v) is 10.5. The van der Waals surface area contributed by atoms with Crippen LogP contribution < -0.4 is 10.0 Å². The summed E-state index contributed by atoms with van der Waals surface area (Å²) in [6.07, 6.45) is 2.59. The van der Waals surface area contributed by atoms with Crippen molar-refractivity contribution in [2.24, 2.45) is 7.05 Å². The van der Waals surface area contributed by atoms with Gasteiger partial charge in [-0.25, -0.2) is 18.4 Å². The fraction of sp³-hybridized carbons (Fsp3) is 0.105. The number of rotatable bonds is 6. The number of benzene rings is 2. The minimum atomic E-state index is -3.97. The molecule has 0 saturated heterocycles. The smallest absolute Gasteiger partial charge is 0.269 e. The lowest BCUT2D eigenvalue weighted by atomic mass is 10.2. The van der Waals surface area contributed by atoms with Crippen LogP contribution in [0.2, 0.25) is 0 Å². The van der Waals surface area contributed by atoms with E-state index in [2.05, 4.69) is 25.1 Å². The molecule has 2 aromatic carbocycles. The van der Waals surface area contributed by atoms with Gasteiger partial charge >= 0.3 is 0 Å². The number of sulfonamides is 1. The Morgan fingerprint density at radius 2 is 1.74 bits per heavy atom. The number of nitrogens with zero attached hydrogens (tertiary/aromatic N) is 5. The molecule has 0 unspecified atom stereocenters. The molecule has 2 aromatic heterocycles. The fourth-order valence-electron chi connectivity index (χ4n) is 2.91. The summed E-state index contributed by atoms with van der Waals surface area (Å²) in [5.41, 5.74) is 2.11. The first-order chi connectivity index (χ1) is 14.7. The number of nitro groups is 1. The van der Waals surface area contributed by atoms with Gasteiger partial charge in [0.2, 0.25) is 0 Å². The zero-order chi connectivity index (χ0) is 22.2. The van der Waals surface area contributed by atoms with E-state index in [1.807, 2.05) is 0 Å². The maximum absolute atomic E-state index is 12.8. The van der Waals surface area contributed by atoms with E-state index in [0.717, 1.165) is 0 Å². The lowest BCUT2D eigenvalue weighted by Gasteiger charge is -2.14. The van der Waals surface area contributed by atoms with Crippen molar-refractivity contribution in [2.75, 3.05) is 10.0 Å². The molecule has 0 fully saturated rings. The van der Waals surface area contributed by atoms with E-state index in [1.54, 1.807) is 38.2 Å². The Morgan fingerprint density at radius 1 is 1.06 bits per heavy atom. The topological polar surface area (TPSA) is 145 Å². The normalized spacial score (nSPS) is 11.4. The third-order valence-corrected chi connectivity index (χ3v) is 5.76. The average Bonchev–Trinajstić information content (AvgIpc) is 3.17. The highest BCUT2D eigenvalue weighted by Gasteiger charge is 2.21. The van der Waals surface area contributed by atoms with Gasteiger partial charge in [-0.05, 0) is 30.7 Å². The third-order valence-electron chi connectivity index (χ3n) is 4.47. The van der Waals surface area contributed by atoms with Crippen molar-refractivity contribution >= 4 is 44.1 Å². The molecule has 11 nitrogen and oxygen atoms in total. The van der Waals surface area contributed by atoms with Gasteiger partial charge < -0.3 is 5.32 Å². The molecule has 0 spiro atoms. The van der Waals surface area contributed by atoms with Crippen LogP contribution in [0.25, 0.3) is 11.0 Å². The van der Waals surface area contributed by atoms with Crippen molar-refractivity contribution < 1.29 is 13.3 Å². The second kappa shape index (κ2) is 7.65. The lowest BCUT2D eigenvalue weighted by Crippen LogP contribution is -2.15. The van der Waals surface area contributed by atoms with Crippen molar-refractivity contribution in [1.82, 2.24) is 19.7 Å². The van der Waals surface area contributed by atoms with Gasteiger partial charge in [0.1, 0.15) is 4.90 Å². The largest absolute Gasteiger partial charge is 0.337 e. The van der Waals surface area contributed by atoms with E-state index in [1.165, 1.54) is 35.3 Å². The summed E-state index contributed by atoms with van der Waals surface area (Å²) < 4.78 is 29.4. The third kappa shape index (κ3) is 4.14. The number of aryl methyl sites for hydroxylation is 2. The Balaban J connectivity index is 1.78. The molecular weight excluding hydrogens is 422 g/mol. The van der Waals surface area contributed by atoms with Gasteiger partial charge in [-0.3, -0.25) is 19.5 Å². The molecule has 31 heavy (non-hydrogen) atoms. The number of para-hydroxylation sites is 2. The monoisotopic (exact) mass is 439 g/mol. The quantitative estimate of drug-likeness (QED) is 0.344. The van der Waals surface area contributed by atoms with E-state index in [9.17, 15) is 18.5 Å². The molecule has 2 N–H and O–H groups in total. The summed E-state index contributed by atoms with van der Waals surface area (Å²) in [5.74, 6) is 0.142. The van der Waals surface area contributed by atoms with Gasteiger partial charge in [0.25, 0.3) is 15.7 Å². The van der Waals surface area contributed by atoms with Crippen molar-refractivity contribution in [3.05, 3.63) is 70.5 Å². The average molecular weight is 439 g/mol. The second-order valence-corrected chi connectivity index (χ2v) is 8.43. The first-order valence-electron chi connectivity index (χ1n) is 9.03. The minimum absolute atomic E-state index is 0.0136. The summed E-state index contributed by atoms with van der Waals surface area (Å²) in [6, 6.07) is 11.3. The van der Waals surface area contributed by atoms with E-state index in [0.29, 0.717) is 22.3 Å². The number of nitro benzene ring substituents is 1. The van der Waals surface area contributed by atoms with Crippen LogP contribution in [0.4, 0.5) is 23.0 Å². The molecule has 0 bridgehead atoms. The van der Waals surface area contributed by atoms with E-state index in [4.69, 9.17) is 0 Å². The number of fused-ring (bicyclic) bond motifs is 1. The number of nitrogens with one attached hydrogen (secondary N) is 2. The molecule has 0 aliphatic carbocycles. The SMILES string of the molecule is Cc1cc([N+](=O)[O-])ccc1Nc1nc2ccccc2nc1NS(=O)(=O)c1cnn(C)c1. The maximum atomic E-state index is 12.8. The highest BCUT2D eigenvalue weighted by molar-refractivity contribution is 7.92. The van der Waals surface area contributed by atoms with E-state index in [-0.39, 0.29) is 22.2 Å². The summed E-state index contributed by atoms with van der Waals surface area (Å²) in [5, 5.41) is 17.9. The molecule has 4 rings (SSSR count). The molecule has 0 radical (unpaired) electrons. The predicted molar refractivity (Wildman–Crippen MR) is 115 cm³/mol. The number of aromatic nitrogens is 4. The first kappa shape index (κ1) is 20.2. The Kier molecular flexibility index (Phi) is 4.99. The van der Waals surface area contributed by atoms with E-state index < -0.39 is 14.9 Å². The molecule has 12 heteroatoms. The molecule has 2 heterocycles. The zero-order valence-electron chi connectivity index (χ0n) is 16.5. The minimum Gasteiger partial charge on any atom is -0.337 e. The summed E-state index contributed by atoms with van der Waals surface area (Å²) in [6.45, 7) is 1.70. The Hall–Kier alpha value is -4.06. The Bertz CT molecular complexity index is 1420. The molecular formula is C19H17N7O4S. The summed E-state index contributed by atoms with van der Waals surface area (Å²) >= 11 is 0. The number of hydrogen-bond donors (Lipinski definition) is 2. The molecule has 0 saturated carbocycles. The molecule has 4 aromatic rings. The zero-order valence-corrected chi connectivity index (χ0v) is 17.3. The number of non-ortho nitro benzene ring substituents is 1. The van der Waals surface area contributed by atoms with Crippen molar-refractivity contribution in [2.45, 2.75) is 11.8 Å². The van der Waals surface area contributed by atoms with Gasteiger partial charge in [-0.1, -0.05) is 12.1 Å². The molecule has 0 aliphatic heterocycles. The van der Waals surface area contributed by atoms with Gasteiger partial charge in [0.05, 0.1) is 22.2 Å². The molecule has 0 amide bonds. The Morgan fingerprint density at radius 3 is 2.32 bits per heavy atom. The summed E-state index contributed by atoms with van der Waals surface area (Å²) in [4.78, 5) is 19.4. The summed E-state index contributed by atoms with van der Waals surface area (Å²) in [7, 11) is -2.36. The highest BCUT2D eigenvalue weighted by atomic mass is 32.2. The van der Waals surface area contributed by atoms with Gasteiger partial charge in [0, 0.05) is 31.1 Å². The van der Waals surface area contributed by atoms with Crippen LogP contribution in [-0.2, 0) is 17.1 Å². The van der Waals surface area contributed by atoms with Crippen LogP contribution in [0.15, 0.2) is 59.8 Å². The molecule has 0 aliphatic rings. The van der Waals surface area contributed by atoms with Crippen molar-refractivity contribution in [1.29, 1.82) is 0 Å². The van der Waals surface area contributed by atoms with Crippen LogP contribution in [0.3, 0.4) is 0 Å². The van der Waals surface area contributed by atoms with Gasteiger partial charge in [-0.2, -0.15) is 5.10 Å². The van der Waals surface area contributed by atoms with Crippen LogP contribution in [0.5, 0.6) is 0 Å². The van der Waals surface area contributed by atoms with Crippen LogP contribution in [-0.4, -0.2) is 33.1 Å². The van der Waals surface area contributed by atoms with Gasteiger partial charge in [-0.15, -0.1) is 0 Å². The van der Waals surface area contributed by atoms with Gasteiger partial charge in [0.15, 0.2) is 11.6 Å². The fourth-order valence-corrected chi connectivity index (χ4v) is 3.90.